The summed E-state index contributed by atoms with van der Waals surface area (Å²) in [6.07, 6.45) is 0.0995. The molecule has 0 radical (unpaired) electrons. The second-order valence-electron chi connectivity index (χ2n) is 8.10. The van der Waals surface area contributed by atoms with Crippen molar-refractivity contribution in [3.63, 3.8) is 0 Å². The lowest BCUT2D eigenvalue weighted by atomic mass is 10.1. The fourth-order valence-corrected chi connectivity index (χ4v) is 5.35. The Kier molecular flexibility index (Phi) is 5.41. The molecule has 3 aromatic rings. The van der Waals surface area contributed by atoms with Crippen LogP contribution in [0.3, 0.4) is 0 Å². The average Bonchev–Trinajstić information content (AvgIpc) is 3.37. The molecule has 1 amide bonds. The van der Waals surface area contributed by atoms with Crippen LogP contribution in [0.4, 0.5) is 11.4 Å². The number of carbonyl (C=O) groups excluding carboxylic acids is 2. The fraction of sp³-hybridized carbons (Fsp3) is 0.160. The van der Waals surface area contributed by atoms with E-state index in [0.29, 0.717) is 22.8 Å². The van der Waals surface area contributed by atoms with Crippen molar-refractivity contribution in [3.05, 3.63) is 84.4 Å². The van der Waals surface area contributed by atoms with Gasteiger partial charge in [-0.2, -0.15) is 8.42 Å². The zero-order valence-corrected chi connectivity index (χ0v) is 19.1. The van der Waals surface area contributed by atoms with Gasteiger partial charge in [-0.1, -0.05) is 30.3 Å². The van der Waals surface area contributed by atoms with Gasteiger partial charge >= 0.3 is 5.97 Å². The lowest BCUT2D eigenvalue weighted by Crippen LogP contribution is -2.27. The van der Waals surface area contributed by atoms with Gasteiger partial charge in [0.25, 0.3) is 10.0 Å². The summed E-state index contributed by atoms with van der Waals surface area (Å²) in [5.74, 6) is -0.463. The highest BCUT2D eigenvalue weighted by atomic mass is 32.2. The first-order chi connectivity index (χ1) is 16.3. The smallest absolute Gasteiger partial charge is 0.316 e. The molecule has 2 heterocycles. The molecule has 0 bridgehead atoms. The molecule has 1 fully saturated rings. The van der Waals surface area contributed by atoms with Gasteiger partial charge in [-0.25, -0.2) is 0 Å². The first-order valence-corrected chi connectivity index (χ1v) is 12.1. The molecule has 2 aliphatic heterocycles. The Hall–Kier alpha value is -3.98. The summed E-state index contributed by atoms with van der Waals surface area (Å²) in [6.45, 7) is 0.274. The number of esters is 1. The number of amides is 1. The number of hydrogen-bond donors (Lipinski definition) is 0. The highest BCUT2D eigenvalue weighted by Crippen LogP contribution is 2.30. The van der Waals surface area contributed by atoms with E-state index in [4.69, 9.17) is 4.74 Å². The molecular weight excluding hydrogens is 454 g/mol. The maximum absolute atomic E-state index is 12.7. The van der Waals surface area contributed by atoms with Gasteiger partial charge in [0.2, 0.25) is 5.91 Å². The van der Waals surface area contributed by atoms with E-state index in [1.54, 1.807) is 59.3 Å². The molecule has 172 valence electrons. The van der Waals surface area contributed by atoms with Crippen LogP contribution in [0.5, 0.6) is 5.75 Å². The van der Waals surface area contributed by atoms with Crippen LogP contribution in [-0.4, -0.2) is 39.7 Å². The van der Waals surface area contributed by atoms with Gasteiger partial charge in [0.15, 0.2) is 5.84 Å². The molecule has 0 N–H and O–H groups in total. The van der Waals surface area contributed by atoms with Crippen molar-refractivity contribution >= 4 is 39.1 Å². The zero-order valence-electron chi connectivity index (χ0n) is 18.3. The van der Waals surface area contributed by atoms with Crippen molar-refractivity contribution in [1.29, 1.82) is 0 Å². The van der Waals surface area contributed by atoms with Gasteiger partial charge in [-0.3, -0.25) is 9.59 Å². The van der Waals surface area contributed by atoms with Crippen LogP contribution >= 0.6 is 0 Å². The quantitative estimate of drug-likeness (QED) is 0.425. The molecule has 1 atom stereocenters. The Labute approximate surface area is 197 Å². The number of fused-ring (bicyclic) bond motifs is 1. The van der Waals surface area contributed by atoms with E-state index in [0.717, 1.165) is 5.69 Å². The van der Waals surface area contributed by atoms with Crippen LogP contribution in [0.25, 0.3) is 0 Å². The summed E-state index contributed by atoms with van der Waals surface area (Å²) in [6, 6.07) is 22.6. The highest BCUT2D eigenvalue weighted by molar-refractivity contribution is 7.90. The predicted molar refractivity (Wildman–Crippen MR) is 128 cm³/mol. The maximum Gasteiger partial charge on any atom is 0.316 e. The third-order valence-electron chi connectivity index (χ3n) is 5.90. The standard InChI is InChI=1S/C25H21N3O5S/c1-27(24-21-9-5-6-10-22(21)34(31,32)26-24)18-11-13-20(14-12-18)33-25(30)17-15-23(29)28(16-17)19-7-3-2-4-8-19/h2-14,17H,15-16H2,1H3. The Bertz CT molecular complexity index is 1400. The van der Waals surface area contributed by atoms with Gasteiger partial charge in [0.05, 0.1) is 5.92 Å². The Morgan fingerprint density at radius 2 is 1.68 bits per heavy atom. The molecule has 0 saturated carbocycles. The van der Waals surface area contributed by atoms with Crippen LogP contribution in [0.15, 0.2) is 88.2 Å². The van der Waals surface area contributed by atoms with E-state index in [1.165, 1.54) is 6.07 Å². The molecular formula is C25H21N3O5S. The minimum atomic E-state index is -3.73. The second kappa shape index (κ2) is 8.42. The summed E-state index contributed by atoms with van der Waals surface area (Å²) in [5.41, 5.74) is 1.97. The van der Waals surface area contributed by atoms with Crippen molar-refractivity contribution in [2.75, 3.05) is 23.4 Å². The van der Waals surface area contributed by atoms with E-state index in [-0.39, 0.29) is 23.8 Å². The topological polar surface area (TPSA) is 96.3 Å². The maximum atomic E-state index is 12.7. The summed E-state index contributed by atoms with van der Waals surface area (Å²) < 4.78 is 34.1. The van der Waals surface area contributed by atoms with Gasteiger partial charge in [0.1, 0.15) is 10.6 Å². The normalized spacial score (nSPS) is 18.4. The van der Waals surface area contributed by atoms with Crippen LogP contribution in [-0.2, 0) is 19.6 Å². The molecule has 5 rings (SSSR count). The number of hydrogen-bond acceptors (Lipinski definition) is 6. The molecule has 1 unspecified atom stereocenters. The number of rotatable bonds is 4. The molecule has 0 aliphatic carbocycles. The van der Waals surface area contributed by atoms with Crippen LogP contribution in [0.2, 0.25) is 0 Å². The number of ether oxygens (including phenoxy) is 1. The van der Waals surface area contributed by atoms with Gasteiger partial charge in [0, 0.05) is 37.0 Å². The first-order valence-electron chi connectivity index (χ1n) is 10.7. The van der Waals surface area contributed by atoms with Crippen molar-refractivity contribution in [1.82, 2.24) is 0 Å². The van der Waals surface area contributed by atoms with Crippen LogP contribution in [0, 0.1) is 5.92 Å². The summed E-state index contributed by atoms with van der Waals surface area (Å²) in [4.78, 5) is 28.5. The van der Waals surface area contributed by atoms with Crippen molar-refractivity contribution < 1.29 is 22.7 Å². The number of para-hydroxylation sites is 1. The molecule has 34 heavy (non-hydrogen) atoms. The average molecular weight is 476 g/mol. The van der Waals surface area contributed by atoms with Crippen LogP contribution in [0.1, 0.15) is 12.0 Å². The minimum absolute atomic E-state index is 0.0995. The Balaban J connectivity index is 1.27. The molecule has 9 heteroatoms. The summed E-state index contributed by atoms with van der Waals surface area (Å²) >= 11 is 0. The molecule has 8 nitrogen and oxygen atoms in total. The minimum Gasteiger partial charge on any atom is -0.426 e. The highest BCUT2D eigenvalue weighted by Gasteiger charge is 2.36. The third-order valence-corrected chi connectivity index (χ3v) is 7.22. The van der Waals surface area contributed by atoms with Crippen molar-refractivity contribution in [3.8, 4) is 5.75 Å². The molecule has 3 aromatic carbocycles. The van der Waals surface area contributed by atoms with Crippen molar-refractivity contribution in [2.45, 2.75) is 11.3 Å². The number of amidine groups is 1. The fourth-order valence-electron chi connectivity index (χ4n) is 4.11. The Morgan fingerprint density at radius 1 is 1.00 bits per heavy atom. The molecule has 2 aliphatic rings. The number of carbonyl (C=O) groups is 2. The number of sulfonamides is 1. The lowest BCUT2D eigenvalue weighted by Gasteiger charge is -2.19. The van der Waals surface area contributed by atoms with Gasteiger partial charge in [-0.15, -0.1) is 4.40 Å². The third kappa shape index (κ3) is 3.94. The summed E-state index contributed by atoms with van der Waals surface area (Å²) in [5, 5.41) is 0. The van der Waals surface area contributed by atoms with Gasteiger partial charge in [-0.05, 0) is 48.5 Å². The summed E-state index contributed by atoms with van der Waals surface area (Å²) in [7, 11) is -2.00. The number of benzene rings is 3. The molecule has 0 spiro atoms. The lowest BCUT2D eigenvalue weighted by molar-refractivity contribution is -0.139. The second-order valence-corrected chi connectivity index (χ2v) is 9.67. The SMILES string of the molecule is CN(C1=NS(=O)(=O)c2ccccc21)c1ccc(OC(=O)C2CC(=O)N(c3ccccc3)C2)cc1. The number of anilines is 2. The van der Waals surface area contributed by atoms with Crippen LogP contribution < -0.4 is 14.5 Å². The van der Waals surface area contributed by atoms with E-state index >= 15 is 0 Å². The van der Waals surface area contributed by atoms with Gasteiger partial charge < -0.3 is 14.5 Å². The Morgan fingerprint density at radius 3 is 2.41 bits per heavy atom. The monoisotopic (exact) mass is 475 g/mol. The largest absolute Gasteiger partial charge is 0.426 e. The predicted octanol–water partition coefficient (Wildman–Crippen LogP) is 3.23. The molecule has 0 aromatic heterocycles. The van der Waals surface area contributed by atoms with E-state index in [9.17, 15) is 18.0 Å². The zero-order chi connectivity index (χ0) is 23.9. The van der Waals surface area contributed by atoms with E-state index in [1.807, 2.05) is 30.3 Å². The van der Waals surface area contributed by atoms with E-state index < -0.39 is 21.9 Å². The number of nitrogens with zero attached hydrogens (tertiary/aromatic N) is 3. The molecule has 1 saturated heterocycles. The van der Waals surface area contributed by atoms with E-state index in [2.05, 4.69) is 4.40 Å². The first kappa shape index (κ1) is 21.8. The van der Waals surface area contributed by atoms with Crippen molar-refractivity contribution in [2.24, 2.45) is 10.3 Å².